The van der Waals surface area contributed by atoms with Gasteiger partial charge in [0, 0.05) is 13.0 Å². The highest BCUT2D eigenvalue weighted by molar-refractivity contribution is 7.48. The van der Waals surface area contributed by atoms with Crippen LogP contribution >= 0.6 is 7.82 Å². The van der Waals surface area contributed by atoms with Gasteiger partial charge in [-0.2, -0.15) is 0 Å². The highest BCUT2D eigenvalue weighted by Gasteiger charge is 2.60. The lowest BCUT2D eigenvalue weighted by Crippen LogP contribution is -2.69. The third kappa shape index (κ3) is 37.8. The second kappa shape index (κ2) is 61.0. The Morgan fingerprint density at radius 3 is 0.930 bits per heavy atom. The predicted octanol–water partition coefficient (Wildman–Crippen LogP) is 26.0. The van der Waals surface area contributed by atoms with Gasteiger partial charge in [0.15, 0.2) is 6.29 Å². The Balaban J connectivity index is 0.996. The van der Waals surface area contributed by atoms with Crippen molar-refractivity contribution in [3.63, 3.8) is 0 Å². The predicted molar refractivity (Wildman–Crippen MR) is 506 cm³/mol. The summed E-state index contributed by atoms with van der Waals surface area (Å²) in [5.41, 5.74) is 7.73. The van der Waals surface area contributed by atoms with Crippen molar-refractivity contribution in [1.29, 1.82) is 0 Å². The van der Waals surface area contributed by atoms with E-state index in [1.165, 1.54) is 122 Å². The van der Waals surface area contributed by atoms with Crippen LogP contribution in [0.5, 0.6) is 0 Å². The largest absolute Gasteiger partial charge is 0.475 e. The van der Waals surface area contributed by atoms with Gasteiger partial charge in [0.05, 0.1) is 72.7 Å². The van der Waals surface area contributed by atoms with E-state index in [1.54, 1.807) is 0 Å². The molecule has 692 valence electrons. The number of ether oxygens (including phenoxy) is 12. The van der Waals surface area contributed by atoms with Crippen molar-refractivity contribution in [2.75, 3.05) is 26.4 Å². The lowest BCUT2D eigenvalue weighted by Gasteiger charge is -2.52. The summed E-state index contributed by atoms with van der Waals surface area (Å²) in [6, 6.07) is 89.0. The first-order chi connectivity index (χ1) is 63.3. The molecule has 0 radical (unpaired) electrons. The standard InChI is InChI=1S/C110H145O17P/c1-3-5-7-9-11-13-15-17-19-21-23-25-27-56-76-114-98(86-115-100(111)75-55-26-24-22-20-18-16-14-12-10-8-6-4-2)87-124-128(112,123-85-97-73-53-36-54-74-97)127-108-106(121-83-95-69-49-34-50-70-95)104(119-81-93-65-45-32-46-66-93)103(118-80-92-63-43-31-44-64-92)105(120-82-94-67-47-33-48-68-94)107(108)126-110-109(122-84-96-71-51-35-52-72-96)102(117-79-91-61-41-30-42-62-91)101(116-78-90-59-39-29-40-60-90)99(125-110)88-113-77-89-57-37-28-38-58-89/h28-54,57-74,98-99,101-110H,3-27,55-56,75-88H2,1-2H3/t98-,99?,101+,102+,103-,104+,105?,106?,107?,108+,109?,110+,128?/m1/s1. The Labute approximate surface area is 765 Å². The Bertz CT molecular complexity index is 4300. The minimum absolute atomic E-state index is 0.000491. The number of hydrogen-bond acceptors (Lipinski definition) is 17. The maximum Gasteiger partial charge on any atom is 0.475 e. The topological polar surface area (TPSA) is 173 Å². The molecule has 11 rings (SSSR count). The van der Waals surface area contributed by atoms with Crippen LogP contribution in [0.15, 0.2) is 273 Å². The number of benzene rings is 9. The van der Waals surface area contributed by atoms with Crippen molar-refractivity contribution in [1.82, 2.24) is 0 Å². The number of rotatable bonds is 67. The maximum atomic E-state index is 17.4. The first-order valence-electron chi connectivity index (χ1n) is 48.2. The zero-order valence-electron chi connectivity index (χ0n) is 76.3. The first kappa shape index (κ1) is 101. The van der Waals surface area contributed by atoms with E-state index in [9.17, 15) is 4.79 Å². The Kier molecular flexibility index (Phi) is 47.9. The van der Waals surface area contributed by atoms with Crippen molar-refractivity contribution in [2.24, 2.45) is 0 Å². The molecule has 2 aliphatic rings. The van der Waals surface area contributed by atoms with Crippen LogP contribution in [-0.2, 0) is 139 Å². The van der Waals surface area contributed by atoms with E-state index in [0.29, 0.717) is 18.6 Å². The molecule has 6 unspecified atom stereocenters. The van der Waals surface area contributed by atoms with Crippen LogP contribution < -0.4 is 0 Å². The summed E-state index contributed by atoms with van der Waals surface area (Å²) in [4.78, 5) is 14.1. The van der Waals surface area contributed by atoms with Crippen molar-refractivity contribution in [3.8, 4) is 0 Å². The fourth-order valence-corrected chi connectivity index (χ4v) is 18.0. The van der Waals surface area contributed by atoms with Crippen LogP contribution in [0.3, 0.4) is 0 Å². The zero-order valence-corrected chi connectivity index (χ0v) is 77.2. The minimum atomic E-state index is -5.09. The van der Waals surface area contributed by atoms with Gasteiger partial charge in [-0.05, 0) is 62.9 Å². The van der Waals surface area contributed by atoms with Crippen LogP contribution in [0, 0.1) is 0 Å². The molecule has 1 saturated heterocycles. The molecule has 1 aliphatic carbocycles. The molecule has 18 heteroatoms. The minimum Gasteiger partial charge on any atom is -0.463 e. The van der Waals surface area contributed by atoms with Crippen LogP contribution in [0.1, 0.15) is 244 Å². The molecule has 2 fully saturated rings. The molecule has 128 heavy (non-hydrogen) atoms. The smallest absolute Gasteiger partial charge is 0.463 e. The second-order valence-electron chi connectivity index (χ2n) is 34.3. The van der Waals surface area contributed by atoms with Gasteiger partial charge in [0.1, 0.15) is 73.8 Å². The van der Waals surface area contributed by atoms with Gasteiger partial charge in [-0.15, -0.1) is 0 Å². The molecule has 1 heterocycles. The van der Waals surface area contributed by atoms with Crippen molar-refractivity contribution < 1.29 is 79.8 Å². The number of carbonyl (C=O) groups is 1. The van der Waals surface area contributed by atoms with Gasteiger partial charge in [-0.25, -0.2) is 4.57 Å². The normalized spacial score (nSPS) is 20.1. The van der Waals surface area contributed by atoms with E-state index in [4.69, 9.17) is 70.4 Å². The Morgan fingerprint density at radius 2 is 0.578 bits per heavy atom. The first-order valence-corrected chi connectivity index (χ1v) is 49.6. The molecule has 0 aromatic heterocycles. The van der Waals surface area contributed by atoms with Crippen LogP contribution in [0.25, 0.3) is 0 Å². The quantitative estimate of drug-likeness (QED) is 0.0200. The average Bonchev–Trinajstić information content (AvgIpc) is 0.745. The fourth-order valence-electron chi connectivity index (χ4n) is 16.6. The van der Waals surface area contributed by atoms with Gasteiger partial charge in [-0.1, -0.05) is 447 Å². The van der Waals surface area contributed by atoms with Crippen molar-refractivity contribution in [3.05, 3.63) is 323 Å². The monoisotopic (exact) mass is 1770 g/mol. The molecule has 1 saturated carbocycles. The fraction of sp³-hybridized carbons (Fsp3) is 0.500. The van der Waals surface area contributed by atoms with E-state index in [1.807, 2.05) is 273 Å². The molecule has 9 aromatic rings. The van der Waals surface area contributed by atoms with Crippen LogP contribution in [-0.4, -0.2) is 106 Å². The lowest BCUT2D eigenvalue weighted by atomic mass is 9.83. The van der Waals surface area contributed by atoms with Gasteiger partial charge >= 0.3 is 13.8 Å². The summed E-state index contributed by atoms with van der Waals surface area (Å²) < 4.78 is 127. The molecule has 0 amide bonds. The van der Waals surface area contributed by atoms with Crippen LogP contribution in [0.4, 0.5) is 0 Å². The van der Waals surface area contributed by atoms with Gasteiger partial charge < -0.3 is 56.8 Å². The molecule has 9 aromatic carbocycles. The number of phosphoric ester groups is 1. The summed E-state index contributed by atoms with van der Waals surface area (Å²) in [5, 5.41) is 0. The lowest BCUT2D eigenvalue weighted by molar-refractivity contribution is -0.362. The molecule has 0 bridgehead atoms. The van der Waals surface area contributed by atoms with Gasteiger partial charge in [-0.3, -0.25) is 18.4 Å². The van der Waals surface area contributed by atoms with Gasteiger partial charge in [0.2, 0.25) is 0 Å². The number of unbranched alkanes of at least 4 members (excludes halogenated alkanes) is 25. The third-order valence-electron chi connectivity index (χ3n) is 23.9. The van der Waals surface area contributed by atoms with E-state index < -0.39 is 81.3 Å². The molecule has 17 nitrogen and oxygen atoms in total. The molecular formula is C110H145O17P. The Hall–Kier alpha value is -7.88. The van der Waals surface area contributed by atoms with E-state index >= 15 is 4.57 Å². The zero-order chi connectivity index (χ0) is 88.6. The van der Waals surface area contributed by atoms with Crippen LogP contribution in [0.2, 0.25) is 0 Å². The highest BCUT2D eigenvalue weighted by atomic mass is 31.2. The maximum absolute atomic E-state index is 17.4. The number of hydrogen-bond donors (Lipinski definition) is 0. The molecule has 1 aliphatic heterocycles. The summed E-state index contributed by atoms with van der Waals surface area (Å²) in [7, 11) is -5.09. The molecule has 0 spiro atoms. The van der Waals surface area contributed by atoms with Crippen molar-refractivity contribution in [2.45, 2.75) is 327 Å². The molecule has 0 N–H and O–H groups in total. The average molecular weight is 1770 g/mol. The molecular weight excluding hydrogens is 1620 g/mol. The summed E-state index contributed by atoms with van der Waals surface area (Å²) in [6.45, 7) is 4.87. The number of esters is 1. The molecule has 13 atom stereocenters. The third-order valence-corrected chi connectivity index (χ3v) is 25.3. The second-order valence-corrected chi connectivity index (χ2v) is 35.9. The summed E-state index contributed by atoms with van der Waals surface area (Å²) in [6.07, 6.45) is 18.5. The Morgan fingerprint density at radius 1 is 0.297 bits per heavy atom. The number of phosphoric acid groups is 1. The van der Waals surface area contributed by atoms with E-state index in [0.717, 1.165) is 89.5 Å². The summed E-state index contributed by atoms with van der Waals surface area (Å²) in [5.74, 6) is -0.339. The van der Waals surface area contributed by atoms with E-state index in [-0.39, 0.29) is 91.7 Å². The van der Waals surface area contributed by atoms with Gasteiger partial charge in [0.25, 0.3) is 0 Å². The highest BCUT2D eigenvalue weighted by Crippen LogP contribution is 2.55. The SMILES string of the molecule is CCCCCCCCCCCCCCCCO[C@H](COC(=O)CCCCCCCCCCCCCCC)COP(=O)(OCc1ccccc1)O[C@@H]1C(O[C@@H]2OC(COCc3ccccc3)[C@H](OCc3ccccc3)[C@H](OCc3ccccc3)C2OCc2ccccc2)C(OCc2ccccc2)[C@H](OCc2ccccc2)[C@H](OCc2ccccc2)C1OCc1ccccc1. The van der Waals surface area contributed by atoms with Crippen molar-refractivity contribution >= 4 is 13.8 Å². The number of carbonyl (C=O) groups excluding carboxylic acids is 1. The summed E-state index contributed by atoms with van der Waals surface area (Å²) >= 11 is 0. The van der Waals surface area contributed by atoms with E-state index in [2.05, 4.69) is 13.8 Å².